The molecule has 0 aliphatic carbocycles. The van der Waals surface area contributed by atoms with E-state index in [0.29, 0.717) is 25.2 Å². The van der Waals surface area contributed by atoms with E-state index in [2.05, 4.69) is 4.98 Å². The Hall–Kier alpha value is -2.82. The Balaban J connectivity index is 1.62. The summed E-state index contributed by atoms with van der Waals surface area (Å²) in [7, 11) is 0. The van der Waals surface area contributed by atoms with Crippen LogP contribution in [0.25, 0.3) is 10.8 Å². The first-order valence-electron chi connectivity index (χ1n) is 8.22. The zero-order valence-electron chi connectivity index (χ0n) is 13.5. The topological polar surface area (TPSA) is 33.2 Å². The van der Waals surface area contributed by atoms with Crippen molar-refractivity contribution in [1.82, 2.24) is 9.88 Å². The van der Waals surface area contributed by atoms with E-state index in [1.807, 2.05) is 30.3 Å². The minimum Gasteiger partial charge on any atom is -0.337 e. The van der Waals surface area contributed by atoms with Crippen molar-refractivity contribution in [2.75, 3.05) is 13.1 Å². The van der Waals surface area contributed by atoms with Crippen LogP contribution in [0.1, 0.15) is 28.4 Å². The quantitative estimate of drug-likeness (QED) is 0.703. The number of aromatic nitrogens is 1. The monoisotopic (exact) mass is 338 g/mol. The van der Waals surface area contributed by atoms with Crippen molar-refractivity contribution < 1.29 is 13.6 Å². The molecule has 1 aromatic heterocycles. The molecule has 1 aliphatic rings. The van der Waals surface area contributed by atoms with Gasteiger partial charge in [-0.15, -0.1) is 0 Å². The lowest BCUT2D eigenvalue weighted by molar-refractivity contribution is 0.0787. The van der Waals surface area contributed by atoms with Crippen LogP contribution < -0.4 is 0 Å². The second-order valence-electron chi connectivity index (χ2n) is 6.25. The number of hydrogen-bond donors (Lipinski definition) is 0. The van der Waals surface area contributed by atoms with Gasteiger partial charge in [-0.2, -0.15) is 0 Å². The van der Waals surface area contributed by atoms with Crippen LogP contribution in [0, 0.1) is 11.6 Å². The number of halogens is 2. The van der Waals surface area contributed by atoms with E-state index in [4.69, 9.17) is 0 Å². The Morgan fingerprint density at radius 3 is 2.60 bits per heavy atom. The molecule has 1 atom stereocenters. The molecule has 5 heteroatoms. The van der Waals surface area contributed by atoms with Crippen LogP contribution in [0.5, 0.6) is 0 Å². The maximum absolute atomic E-state index is 14.0. The molecule has 1 amide bonds. The van der Waals surface area contributed by atoms with Gasteiger partial charge in [0.05, 0.1) is 0 Å². The largest absolute Gasteiger partial charge is 0.337 e. The molecule has 2 aromatic carbocycles. The van der Waals surface area contributed by atoms with Crippen LogP contribution in [0.4, 0.5) is 8.78 Å². The second-order valence-corrected chi connectivity index (χ2v) is 6.25. The summed E-state index contributed by atoms with van der Waals surface area (Å²) in [5.41, 5.74) is 0.455. The summed E-state index contributed by atoms with van der Waals surface area (Å²) < 4.78 is 28.0. The van der Waals surface area contributed by atoms with Crippen LogP contribution in [0.2, 0.25) is 0 Å². The molecule has 0 N–H and O–H groups in total. The van der Waals surface area contributed by atoms with Crippen molar-refractivity contribution in [2.45, 2.75) is 12.3 Å². The fourth-order valence-corrected chi connectivity index (χ4v) is 3.52. The smallest absolute Gasteiger partial charge is 0.273 e. The van der Waals surface area contributed by atoms with Crippen LogP contribution >= 0.6 is 0 Å². The van der Waals surface area contributed by atoms with E-state index in [9.17, 15) is 13.6 Å². The molecule has 0 saturated carbocycles. The highest BCUT2D eigenvalue weighted by Crippen LogP contribution is 2.32. The molecule has 0 radical (unpaired) electrons. The Labute approximate surface area is 143 Å². The predicted molar refractivity (Wildman–Crippen MR) is 91.4 cm³/mol. The van der Waals surface area contributed by atoms with Crippen molar-refractivity contribution in [1.29, 1.82) is 0 Å². The minimum absolute atomic E-state index is 0.0729. The molecule has 3 aromatic rings. The van der Waals surface area contributed by atoms with E-state index in [-0.39, 0.29) is 17.4 Å². The Bertz CT molecular complexity index is 932. The highest BCUT2D eigenvalue weighted by molar-refractivity contribution is 6.05. The summed E-state index contributed by atoms with van der Waals surface area (Å²) in [4.78, 5) is 18.8. The fraction of sp³-hybridized carbons (Fsp3) is 0.200. The van der Waals surface area contributed by atoms with Gasteiger partial charge in [-0.1, -0.05) is 30.3 Å². The number of rotatable bonds is 2. The molecule has 25 heavy (non-hydrogen) atoms. The van der Waals surface area contributed by atoms with Gasteiger partial charge in [0.25, 0.3) is 5.91 Å². The molecule has 1 aliphatic heterocycles. The third-order valence-electron chi connectivity index (χ3n) is 4.76. The van der Waals surface area contributed by atoms with E-state index in [1.165, 1.54) is 18.2 Å². The summed E-state index contributed by atoms with van der Waals surface area (Å²) in [6.45, 7) is 0.754. The van der Waals surface area contributed by atoms with Crippen molar-refractivity contribution in [3.05, 3.63) is 77.6 Å². The Kier molecular flexibility index (Phi) is 3.92. The lowest BCUT2D eigenvalue weighted by Gasteiger charge is -2.17. The van der Waals surface area contributed by atoms with Crippen molar-refractivity contribution in [3.8, 4) is 0 Å². The molecule has 0 bridgehead atoms. The number of carbonyl (C=O) groups is 1. The Morgan fingerprint density at radius 2 is 1.80 bits per heavy atom. The number of amides is 1. The van der Waals surface area contributed by atoms with E-state index in [0.717, 1.165) is 10.8 Å². The molecular formula is C20H16F2N2O. The van der Waals surface area contributed by atoms with Gasteiger partial charge >= 0.3 is 0 Å². The van der Waals surface area contributed by atoms with Gasteiger partial charge in [0, 0.05) is 36.2 Å². The lowest BCUT2D eigenvalue weighted by Crippen LogP contribution is -2.29. The zero-order chi connectivity index (χ0) is 17.4. The van der Waals surface area contributed by atoms with Crippen LogP contribution in [-0.2, 0) is 0 Å². The number of benzene rings is 2. The van der Waals surface area contributed by atoms with Crippen molar-refractivity contribution in [2.24, 2.45) is 0 Å². The highest BCUT2D eigenvalue weighted by Gasteiger charge is 2.32. The molecule has 1 saturated heterocycles. The molecule has 1 unspecified atom stereocenters. The average molecular weight is 338 g/mol. The molecule has 3 nitrogen and oxygen atoms in total. The van der Waals surface area contributed by atoms with Gasteiger partial charge in [-0.05, 0) is 30.0 Å². The summed E-state index contributed by atoms with van der Waals surface area (Å²) >= 11 is 0. The molecule has 126 valence electrons. The van der Waals surface area contributed by atoms with Crippen LogP contribution in [0.3, 0.4) is 0 Å². The van der Waals surface area contributed by atoms with Gasteiger partial charge in [-0.25, -0.2) is 8.78 Å². The number of likely N-dealkylation sites (tertiary alicyclic amines) is 1. The number of nitrogens with zero attached hydrogens (tertiary/aromatic N) is 2. The zero-order valence-corrected chi connectivity index (χ0v) is 13.5. The normalized spacial score (nSPS) is 17.2. The molecular weight excluding hydrogens is 322 g/mol. The fourth-order valence-electron chi connectivity index (χ4n) is 3.52. The van der Waals surface area contributed by atoms with Crippen molar-refractivity contribution in [3.63, 3.8) is 0 Å². The first-order chi connectivity index (χ1) is 12.1. The summed E-state index contributed by atoms with van der Waals surface area (Å²) in [5.74, 6) is -1.64. The van der Waals surface area contributed by atoms with Gasteiger partial charge in [-0.3, -0.25) is 9.78 Å². The van der Waals surface area contributed by atoms with Gasteiger partial charge < -0.3 is 4.90 Å². The molecule has 4 rings (SSSR count). The third kappa shape index (κ3) is 2.76. The van der Waals surface area contributed by atoms with E-state index in [1.54, 1.807) is 11.1 Å². The molecule has 1 fully saturated rings. The SMILES string of the molecule is O=C(c1nccc2ccccc12)N1CCC(c2c(F)cccc2F)C1. The highest BCUT2D eigenvalue weighted by atomic mass is 19.1. The third-order valence-corrected chi connectivity index (χ3v) is 4.76. The number of fused-ring (bicyclic) bond motifs is 1. The predicted octanol–water partition coefficient (Wildman–Crippen LogP) is 4.14. The van der Waals surface area contributed by atoms with E-state index < -0.39 is 11.6 Å². The maximum Gasteiger partial charge on any atom is 0.273 e. The summed E-state index contributed by atoms with van der Waals surface area (Å²) in [6, 6.07) is 13.3. The van der Waals surface area contributed by atoms with Gasteiger partial charge in [0.15, 0.2) is 0 Å². The first kappa shape index (κ1) is 15.7. The van der Waals surface area contributed by atoms with Gasteiger partial charge in [0.2, 0.25) is 0 Å². The summed E-state index contributed by atoms with van der Waals surface area (Å²) in [6.07, 6.45) is 2.15. The van der Waals surface area contributed by atoms with E-state index >= 15 is 0 Å². The van der Waals surface area contributed by atoms with Gasteiger partial charge in [0.1, 0.15) is 17.3 Å². The lowest BCUT2D eigenvalue weighted by atomic mass is 9.97. The Morgan fingerprint density at radius 1 is 1.04 bits per heavy atom. The standard InChI is InChI=1S/C20H16F2N2O/c21-16-6-3-7-17(22)18(16)14-9-11-24(12-14)20(25)19-15-5-2-1-4-13(15)8-10-23-19/h1-8,10,14H,9,11-12H2. The van der Waals surface area contributed by atoms with Crippen LogP contribution in [-0.4, -0.2) is 28.9 Å². The van der Waals surface area contributed by atoms with Crippen LogP contribution in [0.15, 0.2) is 54.7 Å². The maximum atomic E-state index is 14.0. The minimum atomic E-state index is -0.553. The number of pyridine rings is 1. The molecule has 2 heterocycles. The average Bonchev–Trinajstić information content (AvgIpc) is 3.10. The molecule has 0 spiro atoms. The number of hydrogen-bond acceptors (Lipinski definition) is 2. The van der Waals surface area contributed by atoms with Crippen molar-refractivity contribution >= 4 is 16.7 Å². The second kappa shape index (κ2) is 6.24. The number of carbonyl (C=O) groups excluding carboxylic acids is 1. The summed E-state index contributed by atoms with van der Waals surface area (Å²) in [5, 5.41) is 1.73. The first-order valence-corrected chi connectivity index (χ1v) is 8.22.